The Morgan fingerprint density at radius 3 is 2.85 bits per heavy atom. The molecule has 7 heteroatoms. The van der Waals surface area contributed by atoms with Gasteiger partial charge in [0.1, 0.15) is 0 Å². The third-order valence-electron chi connectivity index (χ3n) is 3.35. The SMILES string of the molecule is N#CC1CCCC1NC(=O)c1cc(Br)cc([N+](=O)[O-])c1. The van der Waals surface area contributed by atoms with Crippen LogP contribution in [0.3, 0.4) is 0 Å². The number of nitro benzene ring substituents is 1. The van der Waals surface area contributed by atoms with Crippen molar-refractivity contribution < 1.29 is 9.72 Å². The van der Waals surface area contributed by atoms with Gasteiger partial charge in [-0.1, -0.05) is 15.9 Å². The maximum absolute atomic E-state index is 12.1. The highest BCUT2D eigenvalue weighted by Crippen LogP contribution is 2.26. The van der Waals surface area contributed by atoms with Gasteiger partial charge in [-0.05, 0) is 25.3 Å². The summed E-state index contributed by atoms with van der Waals surface area (Å²) in [5, 5.41) is 22.5. The van der Waals surface area contributed by atoms with E-state index < -0.39 is 4.92 Å². The lowest BCUT2D eigenvalue weighted by atomic mass is 10.1. The summed E-state index contributed by atoms with van der Waals surface area (Å²) >= 11 is 3.15. The van der Waals surface area contributed by atoms with E-state index >= 15 is 0 Å². The molecule has 0 heterocycles. The number of hydrogen-bond acceptors (Lipinski definition) is 4. The molecule has 20 heavy (non-hydrogen) atoms. The fourth-order valence-electron chi connectivity index (χ4n) is 2.35. The quantitative estimate of drug-likeness (QED) is 0.677. The zero-order valence-electron chi connectivity index (χ0n) is 10.5. The van der Waals surface area contributed by atoms with Gasteiger partial charge in [-0.15, -0.1) is 0 Å². The minimum atomic E-state index is -0.546. The van der Waals surface area contributed by atoms with Crippen molar-refractivity contribution in [3.05, 3.63) is 38.3 Å². The largest absolute Gasteiger partial charge is 0.348 e. The monoisotopic (exact) mass is 337 g/mol. The number of hydrogen-bond donors (Lipinski definition) is 1. The number of carbonyl (C=O) groups excluding carboxylic acids is 1. The van der Waals surface area contributed by atoms with Crippen molar-refractivity contribution in [2.24, 2.45) is 5.92 Å². The Morgan fingerprint density at radius 2 is 2.20 bits per heavy atom. The molecule has 0 spiro atoms. The van der Waals surface area contributed by atoms with Crippen molar-refractivity contribution in [3.8, 4) is 6.07 Å². The summed E-state index contributed by atoms with van der Waals surface area (Å²) in [6, 6.07) is 6.10. The van der Waals surface area contributed by atoms with Crippen LogP contribution in [0.1, 0.15) is 29.6 Å². The molecule has 1 aliphatic rings. The zero-order valence-corrected chi connectivity index (χ0v) is 12.1. The minimum absolute atomic E-state index is 0.146. The number of nitrogens with one attached hydrogen (secondary N) is 1. The first kappa shape index (κ1) is 14.5. The lowest BCUT2D eigenvalue weighted by molar-refractivity contribution is -0.385. The number of rotatable bonds is 3. The van der Waals surface area contributed by atoms with E-state index in [0.29, 0.717) is 4.47 Å². The number of nitriles is 1. The second kappa shape index (κ2) is 6.01. The zero-order chi connectivity index (χ0) is 14.7. The van der Waals surface area contributed by atoms with Crippen molar-refractivity contribution in [1.82, 2.24) is 5.32 Å². The van der Waals surface area contributed by atoms with E-state index in [4.69, 9.17) is 5.26 Å². The summed E-state index contributed by atoms with van der Waals surface area (Å²) in [5.74, 6) is -0.567. The Balaban J connectivity index is 2.17. The van der Waals surface area contributed by atoms with E-state index in [0.717, 1.165) is 19.3 Å². The van der Waals surface area contributed by atoms with E-state index in [9.17, 15) is 14.9 Å². The summed E-state index contributed by atoms with van der Waals surface area (Å²) < 4.78 is 0.472. The number of amides is 1. The summed E-state index contributed by atoms with van der Waals surface area (Å²) in [7, 11) is 0. The predicted octanol–water partition coefficient (Wildman–Crippen LogP) is 2.78. The van der Waals surface area contributed by atoms with Crippen molar-refractivity contribution in [1.29, 1.82) is 5.26 Å². The Hall–Kier alpha value is -1.94. The molecule has 0 radical (unpaired) electrons. The van der Waals surface area contributed by atoms with Crippen LogP contribution < -0.4 is 5.32 Å². The van der Waals surface area contributed by atoms with Gasteiger partial charge >= 0.3 is 0 Å². The average Bonchev–Trinajstić information content (AvgIpc) is 2.85. The molecule has 1 saturated carbocycles. The number of carbonyl (C=O) groups is 1. The molecular formula is C13H12BrN3O3. The van der Waals surface area contributed by atoms with Gasteiger partial charge in [0.2, 0.25) is 0 Å². The molecular weight excluding hydrogens is 326 g/mol. The molecule has 1 amide bonds. The number of halogens is 1. The summed E-state index contributed by atoms with van der Waals surface area (Å²) in [6.07, 6.45) is 2.45. The van der Waals surface area contributed by atoms with Crippen LogP contribution in [0, 0.1) is 27.4 Å². The molecule has 6 nitrogen and oxygen atoms in total. The molecule has 1 aromatic rings. The highest BCUT2D eigenvalue weighted by molar-refractivity contribution is 9.10. The molecule has 2 rings (SSSR count). The third kappa shape index (κ3) is 3.14. The molecule has 1 aliphatic carbocycles. The number of nitro groups is 1. The molecule has 0 bridgehead atoms. The van der Waals surface area contributed by atoms with E-state index in [1.54, 1.807) is 0 Å². The number of non-ortho nitro benzene ring substituents is 1. The maximum Gasteiger partial charge on any atom is 0.271 e. The van der Waals surface area contributed by atoms with Crippen LogP contribution in [0.4, 0.5) is 5.69 Å². The predicted molar refractivity (Wildman–Crippen MR) is 75.0 cm³/mol. The smallest absolute Gasteiger partial charge is 0.271 e. The molecule has 0 aliphatic heterocycles. The van der Waals surface area contributed by atoms with Crippen LogP contribution in [-0.4, -0.2) is 16.9 Å². The van der Waals surface area contributed by atoms with Crippen molar-refractivity contribution >= 4 is 27.5 Å². The van der Waals surface area contributed by atoms with E-state index in [2.05, 4.69) is 27.3 Å². The van der Waals surface area contributed by atoms with Crippen LogP contribution in [0.15, 0.2) is 22.7 Å². The van der Waals surface area contributed by atoms with Crippen LogP contribution in [0.5, 0.6) is 0 Å². The van der Waals surface area contributed by atoms with Gasteiger partial charge in [0.15, 0.2) is 0 Å². The second-order valence-corrected chi connectivity index (χ2v) is 5.62. The maximum atomic E-state index is 12.1. The molecule has 2 unspecified atom stereocenters. The van der Waals surface area contributed by atoms with Crippen LogP contribution >= 0.6 is 15.9 Å². The van der Waals surface area contributed by atoms with Crippen molar-refractivity contribution in [2.45, 2.75) is 25.3 Å². The highest BCUT2D eigenvalue weighted by atomic mass is 79.9. The number of benzene rings is 1. The van der Waals surface area contributed by atoms with Gasteiger partial charge in [-0.2, -0.15) is 5.26 Å². The first-order valence-electron chi connectivity index (χ1n) is 6.16. The topological polar surface area (TPSA) is 96.0 Å². The van der Waals surface area contributed by atoms with Crippen LogP contribution in [0.2, 0.25) is 0 Å². The first-order chi connectivity index (χ1) is 9.51. The van der Waals surface area contributed by atoms with E-state index in [-0.39, 0.29) is 29.1 Å². The molecule has 1 fully saturated rings. The minimum Gasteiger partial charge on any atom is -0.348 e. The van der Waals surface area contributed by atoms with Gasteiger partial charge in [-0.3, -0.25) is 14.9 Å². The fraction of sp³-hybridized carbons (Fsp3) is 0.385. The summed E-state index contributed by atoms with van der Waals surface area (Å²) in [5.41, 5.74) is 0.0717. The summed E-state index contributed by atoms with van der Waals surface area (Å²) in [4.78, 5) is 22.4. The molecule has 104 valence electrons. The second-order valence-electron chi connectivity index (χ2n) is 4.70. The van der Waals surface area contributed by atoms with Crippen LogP contribution in [0.25, 0.3) is 0 Å². The van der Waals surface area contributed by atoms with Crippen LogP contribution in [-0.2, 0) is 0 Å². The standard InChI is InChI=1S/C13H12BrN3O3/c14-10-4-9(5-11(6-10)17(19)20)13(18)16-12-3-1-2-8(12)7-15/h4-6,8,12H,1-3H2,(H,16,18). The third-order valence-corrected chi connectivity index (χ3v) is 3.81. The van der Waals surface area contributed by atoms with E-state index in [1.807, 2.05) is 0 Å². The number of nitrogens with zero attached hydrogens (tertiary/aromatic N) is 2. The average molecular weight is 338 g/mol. The Kier molecular flexibility index (Phi) is 4.35. The van der Waals surface area contributed by atoms with Gasteiger partial charge < -0.3 is 5.32 Å². The van der Waals surface area contributed by atoms with Gasteiger partial charge in [-0.25, -0.2) is 0 Å². The van der Waals surface area contributed by atoms with Gasteiger partial charge in [0, 0.05) is 28.2 Å². The molecule has 0 aromatic heterocycles. The summed E-state index contributed by atoms with van der Waals surface area (Å²) in [6.45, 7) is 0. The van der Waals surface area contributed by atoms with Crippen molar-refractivity contribution in [3.63, 3.8) is 0 Å². The van der Waals surface area contributed by atoms with Crippen molar-refractivity contribution in [2.75, 3.05) is 0 Å². The molecule has 1 aromatic carbocycles. The molecule has 2 atom stereocenters. The lowest BCUT2D eigenvalue weighted by Gasteiger charge is -2.15. The molecule has 1 N–H and O–H groups in total. The Labute approximate surface area is 124 Å². The Morgan fingerprint density at radius 1 is 1.45 bits per heavy atom. The lowest BCUT2D eigenvalue weighted by Crippen LogP contribution is -2.36. The van der Waals surface area contributed by atoms with E-state index in [1.165, 1.54) is 18.2 Å². The first-order valence-corrected chi connectivity index (χ1v) is 6.96. The normalized spacial score (nSPS) is 21.2. The molecule has 0 saturated heterocycles. The van der Waals surface area contributed by atoms with Gasteiger partial charge in [0.25, 0.3) is 11.6 Å². The van der Waals surface area contributed by atoms with Gasteiger partial charge in [0.05, 0.1) is 16.9 Å². The fourth-order valence-corrected chi connectivity index (χ4v) is 2.83. The Bertz CT molecular complexity index is 597. The highest BCUT2D eigenvalue weighted by Gasteiger charge is 2.29.